The maximum atomic E-state index is 12.6. The van der Waals surface area contributed by atoms with Gasteiger partial charge in [-0.2, -0.15) is 0 Å². The van der Waals surface area contributed by atoms with Crippen LogP contribution in [0.4, 0.5) is 4.79 Å². The second-order valence-corrected chi connectivity index (χ2v) is 7.36. The first kappa shape index (κ1) is 18.2. The lowest BCUT2D eigenvalue weighted by Crippen LogP contribution is -2.27. The van der Waals surface area contributed by atoms with Gasteiger partial charge in [-0.1, -0.05) is 12.1 Å². The molecule has 0 unspecified atom stereocenters. The Morgan fingerprint density at radius 1 is 1.00 bits per heavy atom. The lowest BCUT2D eigenvalue weighted by molar-refractivity contribution is -0.123. The van der Waals surface area contributed by atoms with Crippen LogP contribution in [0.2, 0.25) is 0 Å². The summed E-state index contributed by atoms with van der Waals surface area (Å²) >= 11 is 0.878. The number of thioether (sulfide) groups is 1. The van der Waals surface area contributed by atoms with Gasteiger partial charge in [-0.3, -0.25) is 14.5 Å². The number of rotatable bonds is 5. The van der Waals surface area contributed by atoms with Crippen molar-refractivity contribution >= 4 is 29.0 Å². The summed E-state index contributed by atoms with van der Waals surface area (Å²) < 4.78 is 16.2. The monoisotopic (exact) mass is 419 g/mol. The number of nitrogens with zero attached hydrogens (tertiary/aromatic N) is 3. The van der Waals surface area contributed by atoms with Gasteiger partial charge in [0.15, 0.2) is 0 Å². The number of furan rings is 2. The predicted molar refractivity (Wildman–Crippen MR) is 108 cm³/mol. The molecule has 0 bridgehead atoms. The Morgan fingerprint density at radius 2 is 1.83 bits per heavy atom. The zero-order valence-corrected chi connectivity index (χ0v) is 16.2. The highest BCUT2D eigenvalue weighted by Gasteiger charge is 2.35. The highest BCUT2D eigenvalue weighted by atomic mass is 32.2. The van der Waals surface area contributed by atoms with Crippen LogP contribution < -0.4 is 0 Å². The van der Waals surface area contributed by atoms with Crippen molar-refractivity contribution in [1.29, 1.82) is 0 Å². The van der Waals surface area contributed by atoms with E-state index in [0.717, 1.165) is 27.8 Å². The SMILES string of the molecule is O=C1S/C(=C/c2ccc(-c3ccc(-c4nnco4)cc3)o2)C(=O)N1Cc1ccco1. The zero-order chi connectivity index (χ0) is 20.5. The standard InChI is InChI=1S/C21H13N3O5S/c25-20-18(30-21(26)24(20)11-16-2-1-9-27-16)10-15-7-8-17(29-15)13-3-5-14(6-4-13)19-23-22-12-28-19/h1-10,12H,11H2/b18-10+. The molecule has 4 heterocycles. The van der Waals surface area contributed by atoms with Crippen LogP contribution in [0.1, 0.15) is 11.5 Å². The zero-order valence-electron chi connectivity index (χ0n) is 15.3. The normalized spacial score (nSPS) is 15.5. The van der Waals surface area contributed by atoms with Gasteiger partial charge in [0.05, 0.1) is 17.7 Å². The molecular weight excluding hydrogens is 406 g/mol. The number of amides is 2. The molecule has 1 aliphatic heterocycles. The summed E-state index contributed by atoms with van der Waals surface area (Å²) in [5.41, 5.74) is 1.65. The van der Waals surface area contributed by atoms with Crippen LogP contribution in [-0.4, -0.2) is 26.2 Å². The highest BCUT2D eigenvalue weighted by molar-refractivity contribution is 8.18. The summed E-state index contributed by atoms with van der Waals surface area (Å²) in [6, 6.07) is 14.4. The molecule has 0 atom stereocenters. The highest BCUT2D eigenvalue weighted by Crippen LogP contribution is 2.34. The molecule has 0 saturated carbocycles. The second kappa shape index (κ2) is 7.53. The largest absolute Gasteiger partial charge is 0.467 e. The summed E-state index contributed by atoms with van der Waals surface area (Å²) in [6.07, 6.45) is 4.35. The fourth-order valence-electron chi connectivity index (χ4n) is 2.99. The molecule has 1 saturated heterocycles. The third-order valence-corrected chi connectivity index (χ3v) is 5.35. The Labute approximate surface area is 174 Å². The Hall–Kier alpha value is -3.85. The molecule has 1 fully saturated rings. The van der Waals surface area contributed by atoms with Crippen molar-refractivity contribution in [3.8, 4) is 22.8 Å². The first-order valence-corrected chi connectivity index (χ1v) is 9.73. The summed E-state index contributed by atoms with van der Waals surface area (Å²) in [5.74, 6) is 1.72. The average Bonchev–Trinajstić information content (AvgIpc) is 3.56. The van der Waals surface area contributed by atoms with E-state index in [1.807, 2.05) is 24.3 Å². The number of benzene rings is 1. The molecule has 0 spiro atoms. The molecule has 2 amide bonds. The molecule has 0 N–H and O–H groups in total. The molecule has 3 aromatic heterocycles. The minimum atomic E-state index is -0.372. The molecule has 1 aromatic carbocycles. The van der Waals surface area contributed by atoms with E-state index in [-0.39, 0.29) is 17.7 Å². The van der Waals surface area contributed by atoms with Crippen LogP contribution in [-0.2, 0) is 11.3 Å². The Morgan fingerprint density at radius 3 is 2.57 bits per heavy atom. The summed E-state index contributed by atoms with van der Waals surface area (Å²) in [5, 5.41) is 7.20. The first-order valence-electron chi connectivity index (χ1n) is 8.92. The van der Waals surface area contributed by atoms with E-state index in [0.29, 0.717) is 28.1 Å². The number of hydrogen-bond donors (Lipinski definition) is 0. The predicted octanol–water partition coefficient (Wildman–Crippen LogP) is 4.83. The van der Waals surface area contributed by atoms with Crippen LogP contribution in [0.15, 0.2) is 79.3 Å². The molecule has 4 aromatic rings. The number of imide groups is 1. The smallest absolute Gasteiger partial charge is 0.293 e. The molecule has 148 valence electrons. The molecular formula is C21H13N3O5S. The Kier molecular flexibility index (Phi) is 4.56. The van der Waals surface area contributed by atoms with Gasteiger partial charge in [0.25, 0.3) is 11.1 Å². The van der Waals surface area contributed by atoms with E-state index in [4.69, 9.17) is 13.3 Å². The van der Waals surface area contributed by atoms with E-state index in [9.17, 15) is 9.59 Å². The van der Waals surface area contributed by atoms with Crippen molar-refractivity contribution in [2.75, 3.05) is 0 Å². The Balaban J connectivity index is 1.33. The van der Waals surface area contributed by atoms with Crippen molar-refractivity contribution in [3.63, 3.8) is 0 Å². The average molecular weight is 419 g/mol. The molecule has 0 radical (unpaired) electrons. The maximum Gasteiger partial charge on any atom is 0.293 e. The quantitative estimate of drug-likeness (QED) is 0.424. The fourth-order valence-corrected chi connectivity index (χ4v) is 3.80. The lowest BCUT2D eigenvalue weighted by Gasteiger charge is -2.09. The third kappa shape index (κ3) is 3.46. The number of carbonyl (C=O) groups excluding carboxylic acids is 2. The Bertz CT molecular complexity index is 1220. The van der Waals surface area contributed by atoms with Crippen LogP contribution in [0, 0.1) is 0 Å². The van der Waals surface area contributed by atoms with Crippen molar-refractivity contribution in [3.05, 3.63) is 77.6 Å². The van der Waals surface area contributed by atoms with E-state index >= 15 is 0 Å². The van der Waals surface area contributed by atoms with Crippen molar-refractivity contribution in [1.82, 2.24) is 15.1 Å². The summed E-state index contributed by atoms with van der Waals surface area (Å²) in [4.78, 5) is 26.2. The van der Waals surface area contributed by atoms with Crippen LogP contribution in [0.25, 0.3) is 28.9 Å². The topological polar surface area (TPSA) is 103 Å². The van der Waals surface area contributed by atoms with E-state index < -0.39 is 0 Å². The second-order valence-electron chi connectivity index (χ2n) is 6.37. The van der Waals surface area contributed by atoms with Gasteiger partial charge in [-0.05, 0) is 48.2 Å². The fraction of sp³-hybridized carbons (Fsp3) is 0.0476. The summed E-state index contributed by atoms with van der Waals surface area (Å²) in [7, 11) is 0. The van der Waals surface area contributed by atoms with Gasteiger partial charge in [-0.25, -0.2) is 0 Å². The van der Waals surface area contributed by atoms with Crippen molar-refractivity contribution < 1.29 is 22.8 Å². The van der Waals surface area contributed by atoms with Gasteiger partial charge in [0, 0.05) is 17.2 Å². The maximum absolute atomic E-state index is 12.6. The van der Waals surface area contributed by atoms with Crippen LogP contribution in [0.5, 0.6) is 0 Å². The molecule has 9 heteroatoms. The van der Waals surface area contributed by atoms with Crippen molar-refractivity contribution in [2.45, 2.75) is 6.54 Å². The molecule has 8 nitrogen and oxygen atoms in total. The van der Waals surface area contributed by atoms with Crippen LogP contribution in [0.3, 0.4) is 0 Å². The number of carbonyl (C=O) groups is 2. The third-order valence-electron chi connectivity index (χ3n) is 4.44. The molecule has 1 aliphatic rings. The van der Waals surface area contributed by atoms with Gasteiger partial charge in [0.1, 0.15) is 17.3 Å². The first-order chi connectivity index (χ1) is 14.7. The van der Waals surface area contributed by atoms with E-state index in [2.05, 4.69) is 10.2 Å². The number of hydrogen-bond acceptors (Lipinski definition) is 8. The number of aromatic nitrogens is 2. The lowest BCUT2D eigenvalue weighted by atomic mass is 10.1. The van der Waals surface area contributed by atoms with Crippen molar-refractivity contribution in [2.24, 2.45) is 0 Å². The molecule has 5 rings (SSSR count). The van der Waals surface area contributed by atoms with Crippen LogP contribution >= 0.6 is 11.8 Å². The van der Waals surface area contributed by atoms with Gasteiger partial charge in [0.2, 0.25) is 12.3 Å². The van der Waals surface area contributed by atoms with Gasteiger partial charge in [-0.15, -0.1) is 10.2 Å². The van der Waals surface area contributed by atoms with E-state index in [1.54, 1.807) is 30.3 Å². The molecule has 30 heavy (non-hydrogen) atoms. The summed E-state index contributed by atoms with van der Waals surface area (Å²) in [6.45, 7) is 0.102. The van der Waals surface area contributed by atoms with Gasteiger partial charge < -0.3 is 13.3 Å². The minimum absolute atomic E-state index is 0.102. The van der Waals surface area contributed by atoms with Gasteiger partial charge >= 0.3 is 0 Å². The minimum Gasteiger partial charge on any atom is -0.467 e. The van der Waals surface area contributed by atoms with E-state index in [1.165, 1.54) is 12.7 Å². The molecule has 0 aliphatic carbocycles.